The summed E-state index contributed by atoms with van der Waals surface area (Å²) in [5.74, 6) is 0.959. The molecule has 2 aliphatic carbocycles. The standard InChI is InChI=1S/C30H41N5O2.2ClH/c1-21-24(14-15-27(31)34-21)20-35(16-8-13-25-18-30(25,35)29(32)37)28(36)26(17-22-9-4-2-5-10-22)33-19-23-11-6-3-7-12-23;;/h3,6-7,11-12,14-15,22,25-26,33H,2,4-5,8-10,13,16-20H2,1H3,(H3-,31,32,34,37);2*1H/p+1/t25-,26-,30+,35?;;/m1../s1. The second-order valence-electron chi connectivity index (χ2n) is 11.7. The van der Waals surface area contributed by atoms with E-state index in [4.69, 9.17) is 11.5 Å². The van der Waals surface area contributed by atoms with Gasteiger partial charge in [0.25, 0.3) is 5.91 Å². The lowest BCUT2D eigenvalue weighted by Crippen LogP contribution is -2.71. The summed E-state index contributed by atoms with van der Waals surface area (Å²) in [7, 11) is 0. The number of aromatic nitrogens is 1. The summed E-state index contributed by atoms with van der Waals surface area (Å²) in [5.41, 5.74) is 14.2. The van der Waals surface area contributed by atoms with Gasteiger partial charge in [-0.15, -0.1) is 24.8 Å². The lowest BCUT2D eigenvalue weighted by atomic mass is 9.83. The highest BCUT2D eigenvalue weighted by atomic mass is 35.5. The summed E-state index contributed by atoms with van der Waals surface area (Å²) < 4.78 is 0.110. The molecule has 39 heavy (non-hydrogen) atoms. The molecule has 2 aromatic rings. The summed E-state index contributed by atoms with van der Waals surface area (Å²) in [6.07, 6.45) is 9.46. The van der Waals surface area contributed by atoms with Crippen molar-refractivity contribution in [3.8, 4) is 0 Å². The molecule has 1 unspecified atom stereocenters. The second-order valence-corrected chi connectivity index (χ2v) is 11.7. The van der Waals surface area contributed by atoms with Gasteiger partial charge in [-0.1, -0.05) is 62.4 Å². The highest BCUT2D eigenvalue weighted by Crippen LogP contribution is 2.59. The molecule has 5 rings (SSSR count). The van der Waals surface area contributed by atoms with E-state index in [0.717, 1.165) is 36.1 Å². The Hall–Kier alpha value is -2.19. The monoisotopic (exact) mass is 576 g/mol. The molecule has 7 nitrogen and oxygen atoms in total. The molecule has 1 aliphatic heterocycles. The van der Waals surface area contributed by atoms with E-state index in [9.17, 15) is 9.59 Å². The number of anilines is 1. The number of amides is 2. The number of aryl methyl sites for hydroxylation is 1. The highest BCUT2D eigenvalue weighted by molar-refractivity contribution is 5.91. The van der Waals surface area contributed by atoms with Crippen LogP contribution < -0.4 is 16.8 Å². The minimum absolute atomic E-state index is 0. The van der Waals surface area contributed by atoms with Crippen molar-refractivity contribution in [2.75, 3.05) is 12.3 Å². The maximum Gasteiger partial charge on any atom is 0.331 e. The van der Waals surface area contributed by atoms with Gasteiger partial charge in [-0.3, -0.25) is 10.1 Å². The van der Waals surface area contributed by atoms with Gasteiger partial charge in [-0.05, 0) is 49.8 Å². The molecule has 0 spiro atoms. The number of quaternary nitrogens is 1. The van der Waals surface area contributed by atoms with Crippen molar-refractivity contribution in [1.82, 2.24) is 10.3 Å². The second kappa shape index (κ2) is 13.0. The minimum atomic E-state index is -0.817. The molecule has 1 saturated heterocycles. The van der Waals surface area contributed by atoms with Gasteiger partial charge in [-0.2, -0.15) is 0 Å². The van der Waals surface area contributed by atoms with Crippen LogP contribution in [0.3, 0.4) is 0 Å². The average Bonchev–Trinajstić information content (AvgIpc) is 3.66. The van der Waals surface area contributed by atoms with Gasteiger partial charge >= 0.3 is 5.91 Å². The number of primary amides is 1. The summed E-state index contributed by atoms with van der Waals surface area (Å²) in [5, 5.41) is 3.66. The topological polar surface area (TPSA) is 111 Å². The molecule has 1 aromatic heterocycles. The molecule has 0 bridgehead atoms. The number of likely N-dealkylation sites (tertiary alicyclic amines) is 1. The fourth-order valence-corrected chi connectivity index (χ4v) is 7.34. The molecule has 2 heterocycles. The van der Waals surface area contributed by atoms with E-state index in [2.05, 4.69) is 22.4 Å². The largest absolute Gasteiger partial charge is 0.384 e. The van der Waals surface area contributed by atoms with Gasteiger partial charge in [0, 0.05) is 30.1 Å². The number of carbonyl (C=O) groups is 2. The number of fused-ring (bicyclic) bond motifs is 1. The molecule has 5 N–H and O–H groups in total. The van der Waals surface area contributed by atoms with Gasteiger partial charge in [0.1, 0.15) is 18.4 Å². The van der Waals surface area contributed by atoms with E-state index in [1.165, 1.54) is 32.1 Å². The maximum atomic E-state index is 14.9. The Kier molecular flexibility index (Phi) is 10.4. The van der Waals surface area contributed by atoms with Crippen LogP contribution in [0.1, 0.15) is 74.6 Å². The molecule has 3 aliphatic rings. The molecule has 2 amide bonds. The Morgan fingerprint density at radius 1 is 1.05 bits per heavy atom. The molecule has 2 saturated carbocycles. The SMILES string of the molecule is Cc1nc(N)ccc1C[N+]1(C(=O)[C@@H](CC2CCCCC2)NCc2ccccc2)CCC[C@@H]2C[C@@]21C(N)=O.Cl.Cl. The van der Waals surface area contributed by atoms with Crippen molar-refractivity contribution in [2.24, 2.45) is 17.6 Å². The van der Waals surface area contributed by atoms with Crippen molar-refractivity contribution in [3.05, 3.63) is 59.3 Å². The highest BCUT2D eigenvalue weighted by Gasteiger charge is 2.76. The normalized spacial score (nSPS) is 26.8. The van der Waals surface area contributed by atoms with Crippen molar-refractivity contribution >= 4 is 42.4 Å². The third-order valence-electron chi connectivity index (χ3n) is 9.42. The Labute approximate surface area is 244 Å². The first-order chi connectivity index (χ1) is 17.9. The zero-order valence-corrected chi connectivity index (χ0v) is 24.6. The third-order valence-corrected chi connectivity index (χ3v) is 9.42. The number of nitrogens with zero attached hydrogens (tertiary/aromatic N) is 2. The van der Waals surface area contributed by atoms with Crippen LogP contribution in [0.15, 0.2) is 42.5 Å². The summed E-state index contributed by atoms with van der Waals surface area (Å²) in [4.78, 5) is 32.5. The molecular weight excluding hydrogens is 533 g/mol. The zero-order valence-electron chi connectivity index (χ0n) is 22.9. The minimum Gasteiger partial charge on any atom is -0.384 e. The Balaban J connectivity index is 0.00000210. The third kappa shape index (κ3) is 6.12. The number of nitrogens with one attached hydrogen (secondary N) is 1. The van der Waals surface area contributed by atoms with Gasteiger partial charge < -0.3 is 11.5 Å². The maximum absolute atomic E-state index is 14.9. The van der Waals surface area contributed by atoms with E-state index >= 15 is 0 Å². The summed E-state index contributed by atoms with van der Waals surface area (Å²) >= 11 is 0. The lowest BCUT2D eigenvalue weighted by Gasteiger charge is -2.46. The Morgan fingerprint density at radius 2 is 1.77 bits per heavy atom. The number of rotatable bonds is 9. The average molecular weight is 578 g/mol. The van der Waals surface area contributed by atoms with Crippen LogP contribution in [0.4, 0.5) is 5.82 Å². The van der Waals surface area contributed by atoms with Crippen molar-refractivity contribution in [1.29, 1.82) is 0 Å². The molecule has 3 fully saturated rings. The van der Waals surface area contributed by atoms with E-state index in [1.807, 2.05) is 31.2 Å². The predicted octanol–water partition coefficient (Wildman–Crippen LogP) is 4.83. The van der Waals surface area contributed by atoms with E-state index in [0.29, 0.717) is 37.8 Å². The fourth-order valence-electron chi connectivity index (χ4n) is 7.34. The number of nitrogens with two attached hydrogens (primary N) is 2. The molecule has 0 radical (unpaired) electrons. The number of pyridine rings is 1. The number of halogens is 2. The quantitative estimate of drug-likeness (QED) is 0.370. The van der Waals surface area contributed by atoms with Gasteiger partial charge in [-0.25, -0.2) is 14.3 Å². The fraction of sp³-hybridized carbons (Fsp3) is 0.567. The van der Waals surface area contributed by atoms with E-state index < -0.39 is 5.54 Å². The molecule has 9 heteroatoms. The smallest absolute Gasteiger partial charge is 0.331 e. The Bertz CT molecular complexity index is 1140. The predicted molar refractivity (Wildman–Crippen MR) is 159 cm³/mol. The van der Waals surface area contributed by atoms with Crippen LogP contribution in [0.5, 0.6) is 0 Å². The van der Waals surface area contributed by atoms with E-state index in [-0.39, 0.29) is 53.1 Å². The van der Waals surface area contributed by atoms with Gasteiger partial charge in [0.05, 0.1) is 6.54 Å². The van der Waals surface area contributed by atoms with E-state index in [1.54, 1.807) is 6.07 Å². The first-order valence-electron chi connectivity index (χ1n) is 14.1. The number of benzene rings is 1. The summed E-state index contributed by atoms with van der Waals surface area (Å²) in [6.45, 7) is 3.63. The first-order valence-corrected chi connectivity index (χ1v) is 14.1. The van der Waals surface area contributed by atoms with Gasteiger partial charge in [0.15, 0.2) is 5.54 Å². The lowest BCUT2D eigenvalue weighted by molar-refractivity contribution is -0.900. The number of nitrogen functional groups attached to an aromatic ring is 1. The number of hydrogen-bond acceptors (Lipinski definition) is 5. The number of hydrogen-bond donors (Lipinski definition) is 3. The molecule has 1 aromatic carbocycles. The van der Waals surface area contributed by atoms with Crippen molar-refractivity contribution in [2.45, 2.75) is 89.4 Å². The number of piperidine rings is 1. The van der Waals surface area contributed by atoms with Crippen LogP contribution in [-0.4, -0.2) is 39.4 Å². The zero-order chi connectivity index (χ0) is 26.0. The van der Waals surface area contributed by atoms with Crippen LogP contribution in [-0.2, 0) is 22.7 Å². The molecule has 214 valence electrons. The first kappa shape index (κ1) is 31.3. The van der Waals surface area contributed by atoms with Crippen LogP contribution in [0.2, 0.25) is 0 Å². The number of carbonyl (C=O) groups excluding carboxylic acids is 2. The summed E-state index contributed by atoms with van der Waals surface area (Å²) in [6, 6.07) is 13.7. The van der Waals surface area contributed by atoms with Crippen molar-refractivity contribution in [3.63, 3.8) is 0 Å². The van der Waals surface area contributed by atoms with Crippen molar-refractivity contribution < 1.29 is 14.1 Å². The molecular formula is C30H44Cl2N5O2+. The van der Waals surface area contributed by atoms with Crippen LogP contribution >= 0.6 is 24.8 Å². The van der Waals surface area contributed by atoms with Crippen LogP contribution in [0.25, 0.3) is 0 Å². The van der Waals surface area contributed by atoms with Crippen LogP contribution in [0, 0.1) is 18.8 Å². The Morgan fingerprint density at radius 3 is 2.44 bits per heavy atom. The van der Waals surface area contributed by atoms with Gasteiger partial charge in [0.2, 0.25) is 0 Å². The molecule has 4 atom stereocenters.